The van der Waals surface area contributed by atoms with E-state index < -0.39 is 0 Å². The minimum atomic E-state index is -0.133. The van der Waals surface area contributed by atoms with Gasteiger partial charge in [0.25, 0.3) is 0 Å². The lowest BCUT2D eigenvalue weighted by Crippen LogP contribution is -2.46. The third-order valence-corrected chi connectivity index (χ3v) is 5.82. The number of hydrogen-bond acceptors (Lipinski definition) is 4. The number of carbonyl (C=O) groups is 1. The van der Waals surface area contributed by atoms with Crippen LogP contribution in [0.25, 0.3) is 0 Å². The van der Waals surface area contributed by atoms with Gasteiger partial charge in [0.05, 0.1) is 7.11 Å². The molecule has 0 unspecified atom stereocenters. The van der Waals surface area contributed by atoms with Crippen LogP contribution in [0.4, 0.5) is 0 Å². The van der Waals surface area contributed by atoms with Crippen LogP contribution in [0, 0.1) is 12.8 Å². The minimum Gasteiger partial charge on any atom is -0.496 e. The molecule has 0 aromatic heterocycles. The molecule has 1 aliphatic carbocycles. The number of nitrogens with one attached hydrogen (secondary N) is 1. The second-order valence-corrected chi connectivity index (χ2v) is 7.58. The predicted octanol–water partition coefficient (Wildman–Crippen LogP) is 2.30. The van der Waals surface area contributed by atoms with Gasteiger partial charge >= 0.3 is 0 Å². The monoisotopic (exact) mass is 346 g/mol. The Morgan fingerprint density at radius 1 is 1.36 bits per heavy atom. The summed E-state index contributed by atoms with van der Waals surface area (Å²) in [6.07, 6.45) is 4.42. The fourth-order valence-electron chi connectivity index (χ4n) is 4.19. The molecule has 2 atom stereocenters. The molecule has 1 amide bonds. The van der Waals surface area contributed by atoms with Crippen LogP contribution in [0.3, 0.4) is 0 Å². The molecule has 1 saturated heterocycles. The molecule has 0 spiro atoms. The summed E-state index contributed by atoms with van der Waals surface area (Å²) in [5.74, 6) is 1.10. The fraction of sp³-hybridized carbons (Fsp3) is 0.650. The molecule has 1 saturated carbocycles. The number of nitrogens with two attached hydrogens (primary N) is 1. The largest absolute Gasteiger partial charge is 0.496 e. The SMILES string of the molecule is COc1ccc(C)cc1C1(CNC(=O)[C@H]2CC[C@@H](N)C2)CCOCC1. The smallest absolute Gasteiger partial charge is 0.223 e. The van der Waals surface area contributed by atoms with Gasteiger partial charge in [-0.25, -0.2) is 0 Å². The second kappa shape index (κ2) is 7.75. The van der Waals surface area contributed by atoms with Gasteiger partial charge in [-0.3, -0.25) is 4.79 Å². The minimum absolute atomic E-state index is 0.0614. The van der Waals surface area contributed by atoms with Gasteiger partial charge in [0.1, 0.15) is 5.75 Å². The van der Waals surface area contributed by atoms with Crippen LogP contribution >= 0.6 is 0 Å². The number of benzene rings is 1. The molecule has 2 fully saturated rings. The molecule has 1 aliphatic heterocycles. The number of hydrogen-bond donors (Lipinski definition) is 2. The van der Waals surface area contributed by atoms with Crippen LogP contribution in [-0.2, 0) is 14.9 Å². The number of carbonyl (C=O) groups excluding carboxylic acids is 1. The molecule has 2 aliphatic rings. The number of rotatable bonds is 5. The Morgan fingerprint density at radius 2 is 2.12 bits per heavy atom. The van der Waals surface area contributed by atoms with Crippen molar-refractivity contribution >= 4 is 5.91 Å². The number of ether oxygens (including phenoxy) is 2. The Labute approximate surface area is 150 Å². The molecule has 1 aromatic carbocycles. The molecule has 3 N–H and O–H groups in total. The van der Waals surface area contributed by atoms with Crippen molar-refractivity contribution in [1.82, 2.24) is 5.32 Å². The Kier molecular flexibility index (Phi) is 5.64. The normalized spacial score (nSPS) is 25.6. The van der Waals surface area contributed by atoms with Gasteiger partial charge in [-0.05, 0) is 45.1 Å². The molecular formula is C20H30N2O3. The van der Waals surface area contributed by atoms with Gasteiger partial charge < -0.3 is 20.5 Å². The van der Waals surface area contributed by atoms with Gasteiger partial charge in [-0.1, -0.05) is 17.7 Å². The first kappa shape index (κ1) is 18.2. The van der Waals surface area contributed by atoms with Crippen LogP contribution in [-0.4, -0.2) is 38.8 Å². The maximum Gasteiger partial charge on any atom is 0.223 e. The molecule has 5 heteroatoms. The third kappa shape index (κ3) is 3.98. The quantitative estimate of drug-likeness (QED) is 0.858. The van der Waals surface area contributed by atoms with E-state index in [-0.39, 0.29) is 23.3 Å². The molecule has 0 bridgehead atoms. The van der Waals surface area contributed by atoms with Crippen LogP contribution in [0.1, 0.15) is 43.2 Å². The second-order valence-electron chi connectivity index (χ2n) is 7.58. The van der Waals surface area contributed by atoms with E-state index in [2.05, 4.69) is 24.4 Å². The van der Waals surface area contributed by atoms with Crippen LogP contribution in [0.15, 0.2) is 18.2 Å². The lowest BCUT2D eigenvalue weighted by molar-refractivity contribution is -0.125. The summed E-state index contributed by atoms with van der Waals surface area (Å²) < 4.78 is 11.2. The first-order valence-electron chi connectivity index (χ1n) is 9.30. The highest BCUT2D eigenvalue weighted by Crippen LogP contribution is 2.40. The highest BCUT2D eigenvalue weighted by atomic mass is 16.5. The molecule has 3 rings (SSSR count). The van der Waals surface area contributed by atoms with E-state index in [0.29, 0.717) is 19.8 Å². The lowest BCUT2D eigenvalue weighted by atomic mass is 9.73. The highest BCUT2D eigenvalue weighted by Gasteiger charge is 2.38. The zero-order chi connectivity index (χ0) is 17.9. The Hall–Kier alpha value is -1.59. The summed E-state index contributed by atoms with van der Waals surface area (Å²) in [5, 5.41) is 3.22. The molecule has 1 aromatic rings. The lowest BCUT2D eigenvalue weighted by Gasteiger charge is -2.39. The van der Waals surface area contributed by atoms with Gasteiger partial charge in [0.2, 0.25) is 5.91 Å². The highest BCUT2D eigenvalue weighted by molar-refractivity contribution is 5.79. The van der Waals surface area contributed by atoms with E-state index in [0.717, 1.165) is 37.9 Å². The topological polar surface area (TPSA) is 73.6 Å². The standard InChI is InChI=1S/C20H30N2O3/c1-14-3-6-18(24-2)17(11-14)20(7-9-25-10-8-20)13-22-19(23)15-4-5-16(21)12-15/h3,6,11,15-16H,4-5,7-10,12-13,21H2,1-2H3,(H,22,23)/t15-,16+/m0/s1. The summed E-state index contributed by atoms with van der Waals surface area (Å²) in [6, 6.07) is 6.46. The Bertz CT molecular complexity index is 611. The van der Waals surface area contributed by atoms with Crippen molar-refractivity contribution in [3.63, 3.8) is 0 Å². The van der Waals surface area contributed by atoms with E-state index in [1.54, 1.807) is 7.11 Å². The molecule has 1 heterocycles. The van der Waals surface area contributed by atoms with Crippen molar-refractivity contribution in [3.05, 3.63) is 29.3 Å². The summed E-state index contributed by atoms with van der Waals surface area (Å²) in [7, 11) is 1.71. The Morgan fingerprint density at radius 3 is 2.76 bits per heavy atom. The van der Waals surface area contributed by atoms with Crippen molar-refractivity contribution in [2.45, 2.75) is 50.5 Å². The van der Waals surface area contributed by atoms with Gasteiger partial charge in [0, 0.05) is 42.7 Å². The predicted molar refractivity (Wildman–Crippen MR) is 97.8 cm³/mol. The van der Waals surface area contributed by atoms with Gasteiger partial charge in [-0.15, -0.1) is 0 Å². The van der Waals surface area contributed by atoms with E-state index in [9.17, 15) is 4.79 Å². The fourth-order valence-corrected chi connectivity index (χ4v) is 4.19. The first-order valence-corrected chi connectivity index (χ1v) is 9.30. The third-order valence-electron chi connectivity index (χ3n) is 5.82. The number of aryl methyl sites for hydroxylation is 1. The van der Waals surface area contributed by atoms with Crippen LogP contribution in [0.2, 0.25) is 0 Å². The molecule has 25 heavy (non-hydrogen) atoms. The van der Waals surface area contributed by atoms with Crippen molar-refractivity contribution in [2.75, 3.05) is 26.9 Å². The summed E-state index contributed by atoms with van der Waals surface area (Å²) in [5.41, 5.74) is 8.21. The van der Waals surface area contributed by atoms with E-state index in [4.69, 9.17) is 15.2 Å². The van der Waals surface area contributed by atoms with E-state index in [1.807, 2.05) is 6.07 Å². The zero-order valence-electron chi connectivity index (χ0n) is 15.3. The average molecular weight is 346 g/mol. The average Bonchev–Trinajstić information content (AvgIpc) is 3.07. The molecule has 5 nitrogen and oxygen atoms in total. The van der Waals surface area contributed by atoms with Crippen molar-refractivity contribution in [1.29, 1.82) is 0 Å². The number of methoxy groups -OCH3 is 1. The first-order chi connectivity index (χ1) is 12.0. The van der Waals surface area contributed by atoms with Crippen LogP contribution in [0.5, 0.6) is 5.75 Å². The van der Waals surface area contributed by atoms with Crippen molar-refractivity contribution < 1.29 is 14.3 Å². The molecule has 138 valence electrons. The number of amides is 1. The molecular weight excluding hydrogens is 316 g/mol. The Balaban J connectivity index is 1.79. The van der Waals surface area contributed by atoms with Crippen LogP contribution < -0.4 is 15.8 Å². The van der Waals surface area contributed by atoms with Gasteiger partial charge in [-0.2, -0.15) is 0 Å². The van der Waals surface area contributed by atoms with E-state index in [1.165, 1.54) is 11.1 Å². The molecule has 0 radical (unpaired) electrons. The van der Waals surface area contributed by atoms with Crippen molar-refractivity contribution in [2.24, 2.45) is 11.7 Å². The van der Waals surface area contributed by atoms with Gasteiger partial charge in [0.15, 0.2) is 0 Å². The maximum atomic E-state index is 12.6. The zero-order valence-corrected chi connectivity index (χ0v) is 15.3. The maximum absolute atomic E-state index is 12.6. The van der Waals surface area contributed by atoms with Crippen molar-refractivity contribution in [3.8, 4) is 5.75 Å². The summed E-state index contributed by atoms with van der Waals surface area (Å²) >= 11 is 0. The summed E-state index contributed by atoms with van der Waals surface area (Å²) in [4.78, 5) is 12.6. The van der Waals surface area contributed by atoms with E-state index >= 15 is 0 Å². The summed E-state index contributed by atoms with van der Waals surface area (Å²) in [6.45, 7) is 4.14.